The van der Waals surface area contributed by atoms with Gasteiger partial charge >= 0.3 is 12.1 Å². The number of aromatic nitrogens is 5. The highest BCUT2D eigenvalue weighted by Crippen LogP contribution is 2.30. The van der Waals surface area contributed by atoms with E-state index in [9.17, 15) is 14.7 Å². The molecule has 13 heteroatoms. The van der Waals surface area contributed by atoms with Gasteiger partial charge in [-0.1, -0.05) is 12.1 Å². The predicted molar refractivity (Wildman–Crippen MR) is 158 cm³/mol. The van der Waals surface area contributed by atoms with E-state index in [0.717, 1.165) is 17.5 Å². The van der Waals surface area contributed by atoms with Gasteiger partial charge in [0.25, 0.3) is 0 Å². The standard InChI is InChI=1S/C28H35N7O5S/c1-17-13-18(25(36)37)14-21(31-17)19-15-30-34(5)24(19)39-16-23(33-27(38)40-28(2,3)4)41-12-8-11-35-22-10-7-6-9-20(22)32-26(35)29/h6-7,9-10,13-15,23H,8,11-12,16H2,1-5H3,(H2,29,32)(H,33,38)(H,36,37)/t23-/m0/s1. The molecule has 0 spiro atoms. The zero-order valence-electron chi connectivity index (χ0n) is 23.7. The molecule has 0 unspecified atom stereocenters. The molecule has 1 atom stereocenters. The van der Waals surface area contributed by atoms with Crippen molar-refractivity contribution in [1.29, 1.82) is 0 Å². The summed E-state index contributed by atoms with van der Waals surface area (Å²) in [6.45, 7) is 7.89. The molecule has 12 nitrogen and oxygen atoms in total. The number of pyridine rings is 1. The number of anilines is 1. The molecule has 4 aromatic rings. The van der Waals surface area contributed by atoms with Crippen LogP contribution < -0.4 is 15.8 Å². The van der Waals surface area contributed by atoms with Crippen molar-refractivity contribution in [2.75, 3.05) is 18.1 Å². The highest BCUT2D eigenvalue weighted by atomic mass is 32.2. The van der Waals surface area contributed by atoms with Crippen molar-refractivity contribution in [3.63, 3.8) is 0 Å². The molecule has 3 heterocycles. The predicted octanol–water partition coefficient (Wildman–Crippen LogP) is 4.47. The van der Waals surface area contributed by atoms with Crippen LogP contribution in [0.1, 0.15) is 43.2 Å². The number of aryl methyl sites for hydroxylation is 3. The van der Waals surface area contributed by atoms with Gasteiger partial charge in [0.05, 0.1) is 34.1 Å². The van der Waals surface area contributed by atoms with Gasteiger partial charge in [-0.25, -0.2) is 19.3 Å². The number of nitrogens with one attached hydrogen (secondary N) is 1. The van der Waals surface area contributed by atoms with Crippen LogP contribution in [0, 0.1) is 6.92 Å². The van der Waals surface area contributed by atoms with Crippen molar-refractivity contribution in [3.05, 3.63) is 53.9 Å². The number of benzene rings is 1. The van der Waals surface area contributed by atoms with Gasteiger partial charge in [-0.15, -0.1) is 11.8 Å². The summed E-state index contributed by atoms with van der Waals surface area (Å²) in [6.07, 6.45) is 1.79. The Balaban J connectivity index is 1.46. The fourth-order valence-corrected chi connectivity index (χ4v) is 5.13. The second kappa shape index (κ2) is 12.5. The lowest BCUT2D eigenvalue weighted by Gasteiger charge is -2.24. The number of ether oxygens (including phenoxy) is 2. The summed E-state index contributed by atoms with van der Waals surface area (Å²) in [5, 5.41) is 16.2. The Bertz CT molecular complexity index is 1540. The maximum absolute atomic E-state index is 12.6. The Morgan fingerprint density at radius 2 is 1.95 bits per heavy atom. The molecule has 0 saturated carbocycles. The second-order valence-electron chi connectivity index (χ2n) is 10.5. The third-order valence-corrected chi connectivity index (χ3v) is 7.12. The molecule has 0 aliphatic heterocycles. The molecule has 0 aliphatic rings. The SMILES string of the molecule is Cc1cc(C(=O)O)cc(-c2cnn(C)c2OC[C@@H](NC(=O)OC(C)(C)C)SCCCn2c(N)nc3ccccc32)n1. The van der Waals surface area contributed by atoms with Gasteiger partial charge in [0, 0.05) is 19.3 Å². The zero-order valence-corrected chi connectivity index (χ0v) is 24.6. The molecule has 218 valence electrons. The number of fused-ring (bicyclic) bond motifs is 1. The Kier molecular flexibility index (Phi) is 9.06. The highest BCUT2D eigenvalue weighted by Gasteiger charge is 2.22. The number of nitrogens with two attached hydrogens (primary N) is 1. The number of carbonyl (C=O) groups excluding carboxylic acids is 1. The Hall–Kier alpha value is -4.26. The fraction of sp³-hybridized carbons (Fsp3) is 0.393. The van der Waals surface area contributed by atoms with Gasteiger partial charge in [0.1, 0.15) is 17.6 Å². The van der Waals surface area contributed by atoms with Crippen LogP contribution in [0.2, 0.25) is 0 Å². The van der Waals surface area contributed by atoms with Gasteiger partial charge in [0.2, 0.25) is 11.8 Å². The Morgan fingerprint density at radius 3 is 2.68 bits per heavy atom. The summed E-state index contributed by atoms with van der Waals surface area (Å²) in [6, 6.07) is 10.8. The van der Waals surface area contributed by atoms with E-state index < -0.39 is 23.0 Å². The first-order valence-corrected chi connectivity index (χ1v) is 14.1. The molecule has 0 aliphatic carbocycles. The van der Waals surface area contributed by atoms with Crippen LogP contribution in [0.4, 0.5) is 10.7 Å². The van der Waals surface area contributed by atoms with Crippen molar-refractivity contribution in [2.24, 2.45) is 7.05 Å². The largest absolute Gasteiger partial charge is 0.478 e. The first-order valence-electron chi connectivity index (χ1n) is 13.1. The third-order valence-electron chi connectivity index (χ3n) is 5.94. The van der Waals surface area contributed by atoms with Crippen LogP contribution >= 0.6 is 11.8 Å². The minimum atomic E-state index is -1.05. The van der Waals surface area contributed by atoms with Gasteiger partial charge in [-0.3, -0.25) is 4.98 Å². The number of hydrogen-bond acceptors (Lipinski definition) is 9. The normalized spacial score (nSPS) is 12.3. The first kappa shape index (κ1) is 29.7. The fourth-order valence-electron chi connectivity index (χ4n) is 4.21. The van der Waals surface area contributed by atoms with E-state index in [-0.39, 0.29) is 12.2 Å². The summed E-state index contributed by atoms with van der Waals surface area (Å²) in [4.78, 5) is 33.1. The number of rotatable bonds is 11. The van der Waals surface area contributed by atoms with E-state index in [1.54, 1.807) is 45.6 Å². The molecular weight excluding hydrogens is 546 g/mol. The van der Waals surface area contributed by atoms with Crippen molar-refractivity contribution < 1.29 is 24.2 Å². The maximum atomic E-state index is 12.6. The summed E-state index contributed by atoms with van der Waals surface area (Å²) in [5.74, 6) is 0.498. The zero-order chi connectivity index (χ0) is 29.7. The molecule has 1 aromatic carbocycles. The number of alkyl carbamates (subject to hydrolysis) is 1. The smallest absolute Gasteiger partial charge is 0.408 e. The van der Waals surface area contributed by atoms with Crippen LogP contribution in [0.5, 0.6) is 5.88 Å². The lowest BCUT2D eigenvalue weighted by atomic mass is 10.1. The molecule has 0 fully saturated rings. The number of aromatic carboxylic acids is 1. The first-order chi connectivity index (χ1) is 19.4. The average molecular weight is 582 g/mol. The number of nitrogen functional groups attached to an aromatic ring is 1. The number of thioether (sulfide) groups is 1. The third kappa shape index (κ3) is 7.69. The van der Waals surface area contributed by atoms with Crippen molar-refractivity contribution in [1.82, 2.24) is 29.6 Å². The van der Waals surface area contributed by atoms with Crippen molar-refractivity contribution in [2.45, 2.75) is 51.6 Å². The molecule has 3 aromatic heterocycles. The van der Waals surface area contributed by atoms with E-state index in [4.69, 9.17) is 15.2 Å². The van der Waals surface area contributed by atoms with Crippen molar-refractivity contribution in [3.8, 4) is 17.1 Å². The van der Waals surface area contributed by atoms with Crippen LogP contribution in [-0.2, 0) is 18.3 Å². The average Bonchev–Trinajstić information content (AvgIpc) is 3.41. The van der Waals surface area contributed by atoms with E-state index in [0.29, 0.717) is 41.1 Å². The maximum Gasteiger partial charge on any atom is 0.408 e. The second-order valence-corrected chi connectivity index (χ2v) is 11.8. The van der Waals surface area contributed by atoms with E-state index >= 15 is 0 Å². The minimum Gasteiger partial charge on any atom is -0.478 e. The lowest BCUT2D eigenvalue weighted by Crippen LogP contribution is -2.40. The van der Waals surface area contributed by atoms with Gasteiger partial charge < -0.3 is 30.2 Å². The molecule has 4 rings (SSSR count). The molecule has 0 bridgehead atoms. The highest BCUT2D eigenvalue weighted by molar-refractivity contribution is 7.99. The Labute approximate surface area is 242 Å². The minimum absolute atomic E-state index is 0.101. The summed E-state index contributed by atoms with van der Waals surface area (Å²) < 4.78 is 15.2. The monoisotopic (exact) mass is 581 g/mol. The van der Waals surface area contributed by atoms with E-state index in [1.165, 1.54) is 23.9 Å². The van der Waals surface area contributed by atoms with Crippen LogP contribution in [0.3, 0.4) is 0 Å². The van der Waals surface area contributed by atoms with E-state index in [2.05, 4.69) is 20.4 Å². The van der Waals surface area contributed by atoms with Crippen molar-refractivity contribution >= 4 is 40.8 Å². The number of nitrogens with zero attached hydrogens (tertiary/aromatic N) is 5. The molecule has 0 radical (unpaired) electrons. The number of carbonyl (C=O) groups is 2. The lowest BCUT2D eigenvalue weighted by molar-refractivity contribution is 0.0510. The van der Waals surface area contributed by atoms with Gasteiger partial charge in [-0.05, 0) is 64.1 Å². The molecule has 41 heavy (non-hydrogen) atoms. The summed E-state index contributed by atoms with van der Waals surface area (Å²) in [7, 11) is 1.72. The number of hydrogen-bond donors (Lipinski definition) is 3. The molecule has 0 saturated heterocycles. The number of para-hydroxylation sites is 2. The van der Waals surface area contributed by atoms with Crippen LogP contribution in [-0.4, -0.2) is 64.8 Å². The van der Waals surface area contributed by atoms with Crippen LogP contribution in [0.25, 0.3) is 22.3 Å². The quantitative estimate of drug-likeness (QED) is 0.170. The number of carboxylic acid groups (broad SMARTS) is 1. The van der Waals surface area contributed by atoms with Gasteiger partial charge in [-0.2, -0.15) is 5.10 Å². The van der Waals surface area contributed by atoms with Gasteiger partial charge in [0.15, 0.2) is 0 Å². The summed E-state index contributed by atoms with van der Waals surface area (Å²) in [5.41, 5.74) is 8.95. The Morgan fingerprint density at radius 1 is 1.20 bits per heavy atom. The van der Waals surface area contributed by atoms with Crippen LogP contribution in [0.15, 0.2) is 42.6 Å². The molecule has 1 amide bonds. The number of amides is 1. The number of imidazole rings is 1. The number of carboxylic acids is 1. The molecule has 4 N–H and O–H groups in total. The molecular formula is C28H35N7O5S. The topological polar surface area (TPSA) is 159 Å². The summed E-state index contributed by atoms with van der Waals surface area (Å²) >= 11 is 1.51. The van der Waals surface area contributed by atoms with E-state index in [1.807, 2.05) is 28.8 Å².